The molecule has 2 aromatic carbocycles. The minimum absolute atomic E-state index is 0.0191. The maximum absolute atomic E-state index is 13.5. The van der Waals surface area contributed by atoms with Crippen molar-refractivity contribution >= 4 is 39.5 Å². The summed E-state index contributed by atoms with van der Waals surface area (Å²) in [6, 6.07) is 7.77. The highest BCUT2D eigenvalue weighted by Crippen LogP contribution is 2.38. The zero-order valence-electron chi connectivity index (χ0n) is 17.5. The summed E-state index contributed by atoms with van der Waals surface area (Å²) >= 11 is 0. The van der Waals surface area contributed by atoms with E-state index in [1.54, 1.807) is 23.1 Å². The van der Waals surface area contributed by atoms with E-state index in [0.29, 0.717) is 33.5 Å². The lowest BCUT2D eigenvalue weighted by atomic mass is 9.82. The smallest absolute Gasteiger partial charge is 0.337 e. The third-order valence-electron chi connectivity index (χ3n) is 6.18. The number of carboxylic acids is 1. The van der Waals surface area contributed by atoms with E-state index in [1.165, 1.54) is 12.1 Å². The second-order valence-corrected chi connectivity index (χ2v) is 8.71. The molecule has 6 heteroatoms. The Hall–Kier alpha value is -3.02. The van der Waals surface area contributed by atoms with Crippen LogP contribution in [-0.2, 0) is 4.79 Å². The van der Waals surface area contributed by atoms with Crippen LogP contribution in [0.4, 0.5) is 5.69 Å². The van der Waals surface area contributed by atoms with Crippen LogP contribution in [0.2, 0.25) is 0 Å². The number of phenolic OH excluding ortho intramolecular Hbond substituents is 1. The molecule has 1 saturated carbocycles. The Bertz CT molecular complexity index is 1120. The molecule has 1 fully saturated rings. The molecule has 0 unspecified atom stereocenters. The number of amides is 1. The van der Waals surface area contributed by atoms with E-state index < -0.39 is 5.97 Å². The van der Waals surface area contributed by atoms with Crippen molar-refractivity contribution in [3.8, 4) is 5.75 Å². The van der Waals surface area contributed by atoms with Gasteiger partial charge in [-0.05, 0) is 75.8 Å². The fraction of sp³-hybridized carbons (Fsp3) is 0.417. The highest BCUT2D eigenvalue weighted by molar-refractivity contribution is 6.12. The van der Waals surface area contributed by atoms with Crippen molar-refractivity contribution in [3.05, 3.63) is 35.9 Å². The van der Waals surface area contributed by atoms with Crippen LogP contribution in [0.1, 0.15) is 56.8 Å². The van der Waals surface area contributed by atoms with Gasteiger partial charge in [0.15, 0.2) is 0 Å². The molecule has 0 bridgehead atoms. The van der Waals surface area contributed by atoms with Crippen molar-refractivity contribution in [1.29, 1.82) is 0 Å². The van der Waals surface area contributed by atoms with Gasteiger partial charge in [-0.25, -0.2) is 4.79 Å². The Balaban J connectivity index is 1.87. The molecular weight excluding hydrogens is 382 g/mol. The molecule has 0 spiro atoms. The average molecular weight is 409 g/mol. The lowest BCUT2D eigenvalue weighted by Gasteiger charge is -2.34. The largest absolute Gasteiger partial charge is 0.508 e. The average Bonchev–Trinajstić information content (AvgIpc) is 3.04. The van der Waals surface area contributed by atoms with Crippen molar-refractivity contribution in [1.82, 2.24) is 0 Å². The van der Waals surface area contributed by atoms with Gasteiger partial charge in [-0.15, -0.1) is 0 Å². The van der Waals surface area contributed by atoms with Gasteiger partial charge in [0.05, 0.1) is 11.3 Å². The van der Waals surface area contributed by atoms with Crippen LogP contribution in [0.3, 0.4) is 0 Å². The predicted molar refractivity (Wildman–Crippen MR) is 116 cm³/mol. The van der Waals surface area contributed by atoms with E-state index in [4.69, 9.17) is 4.42 Å². The summed E-state index contributed by atoms with van der Waals surface area (Å²) in [5.41, 5.74) is 1.39. The van der Waals surface area contributed by atoms with E-state index in [0.717, 1.165) is 25.7 Å². The van der Waals surface area contributed by atoms with Gasteiger partial charge in [0.1, 0.15) is 16.9 Å². The maximum Gasteiger partial charge on any atom is 0.337 e. The summed E-state index contributed by atoms with van der Waals surface area (Å²) in [5.74, 6) is -0.494. The van der Waals surface area contributed by atoms with Gasteiger partial charge in [-0.2, -0.15) is 0 Å². The summed E-state index contributed by atoms with van der Waals surface area (Å²) in [6.07, 6.45) is 3.68. The second-order valence-electron chi connectivity index (χ2n) is 8.71. The third-order valence-corrected chi connectivity index (χ3v) is 6.18. The summed E-state index contributed by atoms with van der Waals surface area (Å²) in [6.45, 7) is 6.01. The van der Waals surface area contributed by atoms with Crippen molar-refractivity contribution in [3.63, 3.8) is 0 Å². The number of hydrogen-bond acceptors (Lipinski definition) is 4. The first kappa shape index (κ1) is 20.3. The van der Waals surface area contributed by atoms with Gasteiger partial charge in [-0.1, -0.05) is 6.92 Å². The summed E-state index contributed by atoms with van der Waals surface area (Å²) in [4.78, 5) is 27.2. The summed E-state index contributed by atoms with van der Waals surface area (Å²) < 4.78 is 5.80. The Kier molecular flexibility index (Phi) is 5.18. The van der Waals surface area contributed by atoms with Crippen molar-refractivity contribution in [2.45, 2.75) is 52.5 Å². The van der Waals surface area contributed by atoms with Gasteiger partial charge < -0.3 is 19.5 Å². The number of anilines is 1. The lowest BCUT2D eigenvalue weighted by Crippen LogP contribution is -2.42. The number of fused-ring (bicyclic) bond motifs is 3. The quantitative estimate of drug-likeness (QED) is 0.589. The van der Waals surface area contributed by atoms with E-state index in [-0.39, 0.29) is 29.2 Å². The number of furan rings is 1. The number of hydrogen-bond donors (Lipinski definition) is 2. The number of carboxylic acid groups (broad SMARTS) is 1. The van der Waals surface area contributed by atoms with Gasteiger partial charge >= 0.3 is 5.97 Å². The van der Waals surface area contributed by atoms with Gasteiger partial charge in [0.25, 0.3) is 0 Å². The molecule has 1 amide bonds. The van der Waals surface area contributed by atoms with Crippen LogP contribution in [0.5, 0.6) is 5.75 Å². The first-order valence-electron chi connectivity index (χ1n) is 10.5. The molecule has 0 radical (unpaired) electrons. The molecule has 158 valence electrons. The molecule has 1 heterocycles. The SMILES string of the molecule is CC(C)N(c1cc2c(cc1C(=O)O)oc1ccc(O)cc12)C(=O)[C@H]1CC[C@H](C)CC1. The first-order valence-corrected chi connectivity index (χ1v) is 10.5. The molecule has 1 aromatic heterocycles. The van der Waals surface area contributed by atoms with Gasteiger partial charge in [0, 0.05) is 22.7 Å². The zero-order chi connectivity index (χ0) is 21.6. The van der Waals surface area contributed by atoms with Crippen molar-refractivity contribution in [2.75, 3.05) is 4.90 Å². The van der Waals surface area contributed by atoms with E-state index in [1.807, 2.05) is 13.8 Å². The molecular formula is C24H27NO5. The summed E-state index contributed by atoms with van der Waals surface area (Å²) in [7, 11) is 0. The Morgan fingerprint density at radius 3 is 2.33 bits per heavy atom. The van der Waals surface area contributed by atoms with E-state index in [9.17, 15) is 19.8 Å². The molecule has 30 heavy (non-hydrogen) atoms. The number of carbonyl (C=O) groups excluding carboxylic acids is 1. The van der Waals surface area contributed by atoms with Crippen molar-refractivity contribution in [2.24, 2.45) is 11.8 Å². The van der Waals surface area contributed by atoms with Crippen LogP contribution >= 0.6 is 0 Å². The molecule has 0 saturated heterocycles. The van der Waals surface area contributed by atoms with Crippen LogP contribution in [0.15, 0.2) is 34.7 Å². The molecule has 6 nitrogen and oxygen atoms in total. The predicted octanol–water partition coefficient (Wildman–Crippen LogP) is 5.56. The van der Waals surface area contributed by atoms with Crippen LogP contribution < -0.4 is 4.90 Å². The molecule has 3 aromatic rings. The Morgan fingerprint density at radius 2 is 1.70 bits per heavy atom. The number of rotatable bonds is 4. The molecule has 4 rings (SSSR count). The lowest BCUT2D eigenvalue weighted by molar-refractivity contribution is -0.123. The number of aromatic carboxylic acids is 1. The number of carbonyl (C=O) groups is 2. The number of benzene rings is 2. The van der Waals surface area contributed by atoms with Crippen molar-refractivity contribution < 1.29 is 24.2 Å². The molecule has 1 aliphatic carbocycles. The maximum atomic E-state index is 13.5. The fourth-order valence-corrected chi connectivity index (χ4v) is 4.52. The molecule has 0 atom stereocenters. The highest BCUT2D eigenvalue weighted by atomic mass is 16.4. The van der Waals surface area contributed by atoms with Crippen LogP contribution in [0.25, 0.3) is 21.9 Å². The van der Waals surface area contributed by atoms with Crippen LogP contribution in [-0.4, -0.2) is 28.1 Å². The monoisotopic (exact) mass is 409 g/mol. The van der Waals surface area contributed by atoms with E-state index >= 15 is 0 Å². The van der Waals surface area contributed by atoms with Crippen LogP contribution in [0, 0.1) is 11.8 Å². The molecule has 2 N–H and O–H groups in total. The topological polar surface area (TPSA) is 91.0 Å². The minimum atomic E-state index is -1.11. The standard InChI is InChI=1S/C24H27NO5/c1-13(2)25(23(27)15-6-4-14(3)5-7-15)20-11-18-17-10-16(26)8-9-21(17)30-22(18)12-19(20)24(28)29/h8-15,26H,4-7H2,1-3H3,(H,28,29)/t14-,15-. The third kappa shape index (κ3) is 3.51. The molecule has 0 aliphatic heterocycles. The second kappa shape index (κ2) is 7.67. The van der Waals surface area contributed by atoms with E-state index in [2.05, 4.69) is 6.92 Å². The highest BCUT2D eigenvalue weighted by Gasteiger charge is 2.32. The minimum Gasteiger partial charge on any atom is -0.508 e. The first-order chi connectivity index (χ1) is 14.3. The number of phenols is 1. The normalized spacial score (nSPS) is 19.5. The Morgan fingerprint density at radius 1 is 1.03 bits per heavy atom. The Labute approximate surface area is 175 Å². The number of nitrogens with zero attached hydrogens (tertiary/aromatic N) is 1. The zero-order valence-corrected chi connectivity index (χ0v) is 17.5. The summed E-state index contributed by atoms with van der Waals surface area (Å²) in [5, 5.41) is 21.1. The van der Waals surface area contributed by atoms with Gasteiger partial charge in [-0.3, -0.25) is 4.79 Å². The van der Waals surface area contributed by atoms with Gasteiger partial charge in [0.2, 0.25) is 5.91 Å². The molecule has 1 aliphatic rings. The fourth-order valence-electron chi connectivity index (χ4n) is 4.52. The number of aromatic hydroxyl groups is 1.